The number of hydrogen-bond donors (Lipinski definition) is 2. The molecule has 0 saturated heterocycles. The fourth-order valence-electron chi connectivity index (χ4n) is 3.95. The zero-order chi connectivity index (χ0) is 18.5. The quantitative estimate of drug-likeness (QED) is 0.771. The summed E-state index contributed by atoms with van der Waals surface area (Å²) in [5, 5.41) is 10.3. The van der Waals surface area contributed by atoms with Crippen molar-refractivity contribution in [3.63, 3.8) is 0 Å². The number of benzene rings is 1. The van der Waals surface area contributed by atoms with E-state index in [2.05, 4.69) is 57.0 Å². The summed E-state index contributed by atoms with van der Waals surface area (Å²) >= 11 is 0. The molecule has 142 valence electrons. The molecular weight excluding hydrogens is 338 g/mol. The molecule has 0 saturated carbocycles. The third-order valence-corrected chi connectivity index (χ3v) is 5.42. The molecule has 0 radical (unpaired) electrons. The Bertz CT molecular complexity index is 812. The smallest absolute Gasteiger partial charge is 0.320 e. The van der Waals surface area contributed by atoms with Gasteiger partial charge in [0.15, 0.2) is 0 Å². The zero-order valence-corrected chi connectivity index (χ0v) is 15.6. The van der Waals surface area contributed by atoms with Gasteiger partial charge < -0.3 is 10.2 Å². The molecule has 6 nitrogen and oxygen atoms in total. The lowest BCUT2D eigenvalue weighted by molar-refractivity contribution is 0.252. The maximum Gasteiger partial charge on any atom is 0.320 e. The molecule has 4 rings (SSSR count). The van der Waals surface area contributed by atoms with Crippen LogP contribution in [-0.2, 0) is 13.0 Å². The Morgan fingerprint density at radius 1 is 1.22 bits per heavy atom. The maximum absolute atomic E-state index is 12.3. The highest BCUT2D eigenvalue weighted by Crippen LogP contribution is 2.26. The van der Waals surface area contributed by atoms with Gasteiger partial charge in [0.2, 0.25) is 0 Å². The number of nitrogens with one attached hydrogen (secondary N) is 2. The average molecular weight is 365 g/mol. The normalized spacial score (nSPS) is 18.4. The van der Waals surface area contributed by atoms with Crippen LogP contribution >= 0.6 is 0 Å². The number of fused-ring (bicyclic) bond motifs is 1. The molecule has 1 atom stereocenters. The Hall–Kier alpha value is -2.76. The van der Waals surface area contributed by atoms with Gasteiger partial charge in [0.05, 0.1) is 6.20 Å². The van der Waals surface area contributed by atoms with E-state index < -0.39 is 0 Å². The van der Waals surface area contributed by atoms with Crippen molar-refractivity contribution in [3.8, 4) is 0 Å². The fraction of sp³-hybridized carbons (Fsp3) is 0.429. The van der Waals surface area contributed by atoms with E-state index in [1.54, 1.807) is 6.20 Å². The van der Waals surface area contributed by atoms with E-state index in [0.717, 1.165) is 44.7 Å². The third kappa shape index (κ3) is 4.32. The van der Waals surface area contributed by atoms with E-state index in [1.807, 2.05) is 10.7 Å². The van der Waals surface area contributed by atoms with Gasteiger partial charge in [-0.05, 0) is 43.2 Å². The molecular formula is C21H27N5O. The van der Waals surface area contributed by atoms with Crippen LogP contribution in [0.15, 0.2) is 48.7 Å². The summed E-state index contributed by atoms with van der Waals surface area (Å²) in [6.07, 6.45) is 10.7. The molecule has 1 aromatic carbocycles. The van der Waals surface area contributed by atoms with Crippen molar-refractivity contribution in [2.45, 2.75) is 32.2 Å². The first-order chi connectivity index (χ1) is 13.3. The number of allylic oxidation sites excluding steroid dienone is 2. The van der Waals surface area contributed by atoms with Crippen molar-refractivity contribution in [2.75, 3.05) is 29.9 Å². The number of hydrogen-bond acceptors (Lipinski definition) is 3. The van der Waals surface area contributed by atoms with Gasteiger partial charge in [0, 0.05) is 37.9 Å². The molecule has 2 heterocycles. The maximum atomic E-state index is 12.3. The van der Waals surface area contributed by atoms with E-state index in [4.69, 9.17) is 0 Å². The molecule has 27 heavy (non-hydrogen) atoms. The van der Waals surface area contributed by atoms with Crippen molar-refractivity contribution in [2.24, 2.45) is 5.92 Å². The Morgan fingerprint density at radius 3 is 3.04 bits per heavy atom. The predicted molar refractivity (Wildman–Crippen MR) is 108 cm³/mol. The molecule has 2 aliphatic rings. The number of anilines is 2. The minimum Gasteiger partial charge on any atom is -0.369 e. The summed E-state index contributed by atoms with van der Waals surface area (Å²) in [7, 11) is 0. The fourth-order valence-corrected chi connectivity index (χ4v) is 3.95. The van der Waals surface area contributed by atoms with E-state index in [-0.39, 0.29) is 6.03 Å². The number of nitrogens with zero attached hydrogens (tertiary/aromatic N) is 3. The lowest BCUT2D eigenvalue weighted by Gasteiger charge is -2.20. The van der Waals surface area contributed by atoms with Crippen LogP contribution in [0.3, 0.4) is 0 Å². The van der Waals surface area contributed by atoms with E-state index in [0.29, 0.717) is 12.5 Å². The minimum absolute atomic E-state index is 0.173. The van der Waals surface area contributed by atoms with Gasteiger partial charge in [0.1, 0.15) is 5.82 Å². The summed E-state index contributed by atoms with van der Waals surface area (Å²) in [4.78, 5) is 14.6. The number of amides is 2. The number of aromatic nitrogens is 2. The van der Waals surface area contributed by atoms with Gasteiger partial charge in [-0.1, -0.05) is 30.4 Å². The van der Waals surface area contributed by atoms with Gasteiger partial charge in [-0.3, -0.25) is 5.32 Å². The zero-order valence-electron chi connectivity index (χ0n) is 15.6. The first-order valence-corrected chi connectivity index (χ1v) is 9.84. The van der Waals surface area contributed by atoms with Crippen LogP contribution in [0.2, 0.25) is 0 Å². The summed E-state index contributed by atoms with van der Waals surface area (Å²) in [6, 6.07) is 10.2. The molecule has 2 aromatic rings. The van der Waals surface area contributed by atoms with Crippen molar-refractivity contribution in [3.05, 3.63) is 54.2 Å². The van der Waals surface area contributed by atoms with Gasteiger partial charge in [0.25, 0.3) is 0 Å². The predicted octanol–water partition coefficient (Wildman–Crippen LogP) is 3.42. The van der Waals surface area contributed by atoms with Gasteiger partial charge in [-0.2, -0.15) is 5.10 Å². The van der Waals surface area contributed by atoms with Crippen molar-refractivity contribution < 1.29 is 4.79 Å². The second-order valence-electron chi connectivity index (χ2n) is 7.30. The Morgan fingerprint density at radius 2 is 2.15 bits per heavy atom. The summed E-state index contributed by atoms with van der Waals surface area (Å²) in [6.45, 7) is 3.29. The highest BCUT2D eigenvalue weighted by molar-refractivity contribution is 5.88. The molecule has 2 N–H and O–H groups in total. The third-order valence-electron chi connectivity index (χ3n) is 5.42. The number of carbonyl (C=O) groups excluding carboxylic acids is 1. The van der Waals surface area contributed by atoms with Crippen LogP contribution in [0.4, 0.5) is 16.3 Å². The van der Waals surface area contributed by atoms with Crippen molar-refractivity contribution in [1.29, 1.82) is 0 Å². The van der Waals surface area contributed by atoms with Crippen LogP contribution in [-0.4, -0.2) is 35.4 Å². The standard InChI is InChI=1S/C21H27N5O/c27-21(22-13-15-25-14-11-18-8-4-5-9-19(18)25)24-20-10-12-23-26(20)16-17-6-2-1-3-7-17/h1-2,4-5,8-10,12,17H,3,6-7,11,13-16H2,(H2,22,24,27). The molecule has 1 unspecified atom stereocenters. The molecule has 1 aliphatic carbocycles. The topological polar surface area (TPSA) is 62.2 Å². The molecule has 1 aromatic heterocycles. The molecule has 0 fully saturated rings. The van der Waals surface area contributed by atoms with Crippen molar-refractivity contribution >= 4 is 17.5 Å². The second kappa shape index (κ2) is 8.29. The molecule has 1 aliphatic heterocycles. The Labute approximate surface area is 160 Å². The van der Waals surface area contributed by atoms with Crippen LogP contribution in [0.5, 0.6) is 0 Å². The van der Waals surface area contributed by atoms with E-state index in [9.17, 15) is 4.79 Å². The molecule has 2 amide bonds. The van der Waals surface area contributed by atoms with E-state index >= 15 is 0 Å². The van der Waals surface area contributed by atoms with Gasteiger partial charge in [-0.15, -0.1) is 0 Å². The monoisotopic (exact) mass is 365 g/mol. The van der Waals surface area contributed by atoms with Gasteiger partial charge >= 0.3 is 6.03 Å². The summed E-state index contributed by atoms with van der Waals surface area (Å²) in [5.74, 6) is 1.35. The summed E-state index contributed by atoms with van der Waals surface area (Å²) < 4.78 is 1.90. The van der Waals surface area contributed by atoms with Gasteiger partial charge in [-0.25, -0.2) is 9.48 Å². The first kappa shape index (κ1) is 17.6. The Balaban J connectivity index is 1.24. The number of para-hydroxylation sites is 1. The SMILES string of the molecule is O=C(NCCN1CCc2ccccc21)Nc1ccnn1CC1CC=CCC1. The largest absolute Gasteiger partial charge is 0.369 e. The highest BCUT2D eigenvalue weighted by atomic mass is 16.2. The van der Waals surface area contributed by atoms with Crippen LogP contribution in [0.25, 0.3) is 0 Å². The number of rotatable bonds is 6. The van der Waals surface area contributed by atoms with Crippen LogP contribution < -0.4 is 15.5 Å². The number of urea groups is 1. The second-order valence-corrected chi connectivity index (χ2v) is 7.30. The van der Waals surface area contributed by atoms with E-state index in [1.165, 1.54) is 17.7 Å². The number of carbonyl (C=O) groups is 1. The molecule has 0 spiro atoms. The summed E-state index contributed by atoms with van der Waals surface area (Å²) in [5.41, 5.74) is 2.68. The minimum atomic E-state index is -0.173. The van der Waals surface area contributed by atoms with Crippen molar-refractivity contribution in [1.82, 2.24) is 15.1 Å². The Kier molecular flexibility index (Phi) is 5.42. The molecule has 6 heteroatoms. The van der Waals surface area contributed by atoms with Crippen LogP contribution in [0, 0.1) is 5.92 Å². The highest BCUT2D eigenvalue weighted by Gasteiger charge is 2.18. The lowest BCUT2D eigenvalue weighted by Crippen LogP contribution is -2.37. The van der Waals surface area contributed by atoms with Crippen LogP contribution in [0.1, 0.15) is 24.8 Å². The first-order valence-electron chi connectivity index (χ1n) is 9.84. The lowest BCUT2D eigenvalue weighted by atomic mass is 9.94. The average Bonchev–Trinajstić information content (AvgIpc) is 3.30. The molecule has 0 bridgehead atoms.